The van der Waals surface area contributed by atoms with Gasteiger partial charge in [-0.05, 0) is 43.5 Å². The smallest absolute Gasteiger partial charge is 0.259 e. The number of amides is 1. The zero-order valence-corrected chi connectivity index (χ0v) is 17.1. The largest absolute Gasteiger partial charge is 0.364 e. The van der Waals surface area contributed by atoms with Crippen LogP contribution in [0.3, 0.4) is 0 Å². The summed E-state index contributed by atoms with van der Waals surface area (Å²) in [6.07, 6.45) is 3.59. The minimum absolute atomic E-state index is 0.197. The number of halogens is 1. The number of hydrogen-bond donors (Lipinski definition) is 2. The van der Waals surface area contributed by atoms with Gasteiger partial charge in [-0.3, -0.25) is 4.79 Å². The molecular weight excluding hydrogens is 395 g/mol. The van der Waals surface area contributed by atoms with Gasteiger partial charge in [-0.2, -0.15) is 0 Å². The van der Waals surface area contributed by atoms with E-state index in [1.165, 1.54) is 12.4 Å². The van der Waals surface area contributed by atoms with Crippen LogP contribution in [0.1, 0.15) is 28.4 Å². The van der Waals surface area contributed by atoms with Gasteiger partial charge in [-0.25, -0.2) is 19.3 Å². The maximum Gasteiger partial charge on any atom is 0.259 e. The number of imidazole rings is 1. The summed E-state index contributed by atoms with van der Waals surface area (Å²) in [6, 6.07) is 11.7. The Hall–Kier alpha value is -3.81. The summed E-state index contributed by atoms with van der Waals surface area (Å²) in [4.78, 5) is 30.9. The third-order valence-electron chi connectivity index (χ3n) is 5.83. The number of aryl methyl sites for hydroxylation is 1. The highest BCUT2D eigenvalue weighted by molar-refractivity contribution is 6.09. The molecule has 1 aliphatic rings. The summed E-state index contributed by atoms with van der Waals surface area (Å²) < 4.78 is 14.8. The van der Waals surface area contributed by atoms with Crippen molar-refractivity contribution in [1.29, 1.82) is 0 Å². The quantitative estimate of drug-likeness (QED) is 0.527. The minimum Gasteiger partial charge on any atom is -0.364 e. The molecule has 2 aromatic heterocycles. The monoisotopic (exact) mass is 416 g/mol. The van der Waals surface area contributed by atoms with E-state index in [1.54, 1.807) is 29.4 Å². The predicted molar refractivity (Wildman–Crippen MR) is 117 cm³/mol. The highest BCUT2D eigenvalue weighted by Crippen LogP contribution is 2.33. The fourth-order valence-electron chi connectivity index (χ4n) is 4.31. The van der Waals surface area contributed by atoms with Gasteiger partial charge in [0.05, 0.1) is 18.1 Å². The lowest BCUT2D eigenvalue weighted by Crippen LogP contribution is -2.53. The summed E-state index contributed by atoms with van der Waals surface area (Å²) in [5.41, 5.74) is 4.01. The number of nitrogens with one attached hydrogen (secondary N) is 2. The zero-order chi connectivity index (χ0) is 21.5. The Morgan fingerprint density at radius 1 is 1.16 bits per heavy atom. The van der Waals surface area contributed by atoms with Crippen LogP contribution in [0.25, 0.3) is 11.2 Å². The number of benzene rings is 2. The Kier molecular flexibility index (Phi) is 4.62. The van der Waals surface area contributed by atoms with Crippen molar-refractivity contribution >= 4 is 28.6 Å². The number of fused-ring (bicyclic) bond motifs is 2. The van der Waals surface area contributed by atoms with Crippen LogP contribution in [0.2, 0.25) is 0 Å². The van der Waals surface area contributed by atoms with Gasteiger partial charge in [0, 0.05) is 11.6 Å². The van der Waals surface area contributed by atoms with Gasteiger partial charge in [0.25, 0.3) is 5.91 Å². The fraction of sp³-hybridized carbons (Fsp3) is 0.217. The number of H-pyrrole nitrogens is 1. The standard InChI is InChI=1S/C23H21FN6O/c1-13-6-5-7-15-10-18(14(2)29-22-20-21(26-11-25-20)27-12-28-22)30(23(31)19(13)15)17-9-4-3-8-16(17)24/h3-9,11-12,14,18H,10H2,1-2H3,(H2,25,26,27,28,29). The van der Waals surface area contributed by atoms with Crippen LogP contribution < -0.4 is 10.2 Å². The summed E-state index contributed by atoms with van der Waals surface area (Å²) in [5.74, 6) is -0.0356. The van der Waals surface area contributed by atoms with E-state index < -0.39 is 5.82 Å². The Bertz CT molecular complexity index is 1290. The van der Waals surface area contributed by atoms with E-state index in [9.17, 15) is 9.18 Å². The first-order chi connectivity index (χ1) is 15.0. The lowest BCUT2D eigenvalue weighted by molar-refractivity contribution is 0.0963. The number of aromatic nitrogens is 4. The molecule has 1 amide bonds. The van der Waals surface area contributed by atoms with Crippen molar-refractivity contribution in [2.75, 3.05) is 10.2 Å². The third-order valence-corrected chi connectivity index (χ3v) is 5.83. The zero-order valence-electron chi connectivity index (χ0n) is 17.1. The molecule has 0 spiro atoms. The van der Waals surface area contributed by atoms with E-state index in [0.29, 0.717) is 29.0 Å². The molecule has 3 heterocycles. The first kappa shape index (κ1) is 19.2. The number of aromatic amines is 1. The molecule has 2 unspecified atom stereocenters. The van der Waals surface area contributed by atoms with Crippen LogP contribution in [-0.2, 0) is 6.42 Å². The van der Waals surface area contributed by atoms with Crippen molar-refractivity contribution in [2.45, 2.75) is 32.4 Å². The molecule has 0 aliphatic carbocycles. The Morgan fingerprint density at radius 3 is 2.84 bits per heavy atom. The molecule has 0 saturated carbocycles. The number of nitrogens with zero attached hydrogens (tertiary/aromatic N) is 4. The van der Waals surface area contributed by atoms with Crippen LogP contribution in [0.4, 0.5) is 15.9 Å². The molecule has 5 rings (SSSR count). The van der Waals surface area contributed by atoms with Crippen molar-refractivity contribution in [3.05, 3.63) is 77.6 Å². The fourth-order valence-corrected chi connectivity index (χ4v) is 4.31. The van der Waals surface area contributed by atoms with Crippen molar-refractivity contribution in [3.8, 4) is 0 Å². The molecule has 0 bridgehead atoms. The van der Waals surface area contributed by atoms with Gasteiger partial charge < -0.3 is 15.2 Å². The number of rotatable bonds is 4. The predicted octanol–water partition coefficient (Wildman–Crippen LogP) is 3.87. The van der Waals surface area contributed by atoms with Gasteiger partial charge in [-0.1, -0.05) is 30.3 Å². The summed E-state index contributed by atoms with van der Waals surface area (Å²) in [6.45, 7) is 3.88. The van der Waals surface area contributed by atoms with Gasteiger partial charge in [0.2, 0.25) is 0 Å². The van der Waals surface area contributed by atoms with E-state index in [0.717, 1.165) is 11.1 Å². The van der Waals surface area contributed by atoms with Gasteiger partial charge in [0.15, 0.2) is 11.5 Å². The molecule has 2 aromatic carbocycles. The van der Waals surface area contributed by atoms with Crippen LogP contribution >= 0.6 is 0 Å². The maximum absolute atomic E-state index is 14.8. The molecule has 7 nitrogen and oxygen atoms in total. The second-order valence-electron chi connectivity index (χ2n) is 7.76. The van der Waals surface area contributed by atoms with E-state index >= 15 is 0 Å². The van der Waals surface area contributed by atoms with Crippen LogP contribution in [-0.4, -0.2) is 37.9 Å². The lowest BCUT2D eigenvalue weighted by atomic mass is 9.87. The van der Waals surface area contributed by atoms with Crippen molar-refractivity contribution < 1.29 is 9.18 Å². The molecule has 0 fully saturated rings. The molecule has 1 aliphatic heterocycles. The topological polar surface area (TPSA) is 86.8 Å². The van der Waals surface area contributed by atoms with Gasteiger partial charge in [0.1, 0.15) is 17.7 Å². The van der Waals surface area contributed by atoms with E-state index in [2.05, 4.69) is 25.3 Å². The van der Waals surface area contributed by atoms with Crippen molar-refractivity contribution in [2.24, 2.45) is 0 Å². The lowest BCUT2D eigenvalue weighted by Gasteiger charge is -2.40. The van der Waals surface area contributed by atoms with Crippen LogP contribution in [0.5, 0.6) is 0 Å². The summed E-state index contributed by atoms with van der Waals surface area (Å²) in [5, 5.41) is 3.39. The minimum atomic E-state index is -0.428. The van der Waals surface area contributed by atoms with Gasteiger partial charge >= 0.3 is 0 Å². The highest BCUT2D eigenvalue weighted by Gasteiger charge is 2.38. The number of hydrogen-bond acceptors (Lipinski definition) is 5. The van der Waals surface area contributed by atoms with Crippen LogP contribution in [0.15, 0.2) is 55.1 Å². The summed E-state index contributed by atoms with van der Waals surface area (Å²) in [7, 11) is 0. The van der Waals surface area contributed by atoms with Crippen LogP contribution in [0, 0.1) is 12.7 Å². The second kappa shape index (κ2) is 7.46. The molecule has 0 saturated heterocycles. The molecular formula is C23H21FN6O. The molecule has 31 heavy (non-hydrogen) atoms. The molecule has 2 atom stereocenters. The number of carbonyl (C=O) groups excluding carboxylic acids is 1. The van der Waals surface area contributed by atoms with Gasteiger partial charge in [-0.15, -0.1) is 0 Å². The Balaban J connectivity index is 1.58. The first-order valence-electron chi connectivity index (χ1n) is 10.1. The molecule has 8 heteroatoms. The second-order valence-corrected chi connectivity index (χ2v) is 7.76. The highest BCUT2D eigenvalue weighted by atomic mass is 19.1. The van der Waals surface area contributed by atoms with E-state index in [1.807, 2.05) is 32.0 Å². The maximum atomic E-state index is 14.8. The van der Waals surface area contributed by atoms with E-state index in [4.69, 9.17) is 0 Å². The average molecular weight is 416 g/mol. The Labute approximate surface area is 178 Å². The molecule has 2 N–H and O–H groups in total. The average Bonchev–Trinajstić information content (AvgIpc) is 3.24. The third kappa shape index (κ3) is 3.20. The number of anilines is 2. The first-order valence-corrected chi connectivity index (χ1v) is 10.1. The summed E-state index contributed by atoms with van der Waals surface area (Å²) >= 11 is 0. The number of carbonyl (C=O) groups is 1. The molecule has 156 valence electrons. The molecule has 0 radical (unpaired) electrons. The van der Waals surface area contributed by atoms with E-state index in [-0.39, 0.29) is 23.7 Å². The van der Waals surface area contributed by atoms with Crippen molar-refractivity contribution in [1.82, 2.24) is 19.9 Å². The normalized spacial score (nSPS) is 16.9. The number of para-hydroxylation sites is 1. The Morgan fingerprint density at radius 2 is 2.00 bits per heavy atom. The SMILES string of the molecule is Cc1cccc2c1C(=O)N(c1ccccc1F)C(C(C)Nc1ncnc3nc[nH]c13)C2. The van der Waals surface area contributed by atoms with Crippen molar-refractivity contribution in [3.63, 3.8) is 0 Å². The molecule has 4 aromatic rings.